The Morgan fingerprint density at radius 1 is 1.00 bits per heavy atom. The first kappa shape index (κ1) is 22.6. The number of halogens is 1. The largest absolute Gasteiger partial charge is 0.455 e. The Bertz CT molecular complexity index is 1150. The lowest BCUT2D eigenvalue weighted by molar-refractivity contribution is 0.0879. The molecule has 32 heavy (non-hydrogen) atoms. The number of benzene rings is 2. The van der Waals surface area contributed by atoms with Gasteiger partial charge in [-0.15, -0.1) is 0 Å². The first-order valence-electron chi connectivity index (χ1n) is 10.5. The summed E-state index contributed by atoms with van der Waals surface area (Å²) >= 11 is 5.94. The lowest BCUT2D eigenvalue weighted by Crippen LogP contribution is -2.44. The van der Waals surface area contributed by atoms with Crippen molar-refractivity contribution in [2.24, 2.45) is 0 Å². The molecule has 1 amide bonds. The predicted molar refractivity (Wildman–Crippen MR) is 123 cm³/mol. The molecule has 2 aromatic carbocycles. The molecule has 1 aliphatic heterocycles. The molecule has 0 aliphatic carbocycles. The Morgan fingerprint density at radius 2 is 1.69 bits per heavy atom. The van der Waals surface area contributed by atoms with E-state index in [1.165, 1.54) is 11.6 Å². The number of likely N-dealkylation sites (tertiary alicyclic amines) is 1. The second kappa shape index (κ2) is 9.90. The van der Waals surface area contributed by atoms with Crippen LogP contribution in [-0.4, -0.2) is 38.4 Å². The fraction of sp³-hybridized carbons (Fsp3) is 0.292. The SMILES string of the molecule is O=C(NC1CCN(Cc2ccc(Cl)cc2)CC1)c1ccc(CS(=O)(=O)c2ccccc2)o1. The van der Waals surface area contributed by atoms with E-state index < -0.39 is 9.84 Å². The van der Waals surface area contributed by atoms with Crippen LogP contribution in [0.15, 0.2) is 76.0 Å². The smallest absolute Gasteiger partial charge is 0.287 e. The minimum absolute atomic E-state index is 0.0607. The molecule has 168 valence electrons. The lowest BCUT2D eigenvalue weighted by Gasteiger charge is -2.32. The topological polar surface area (TPSA) is 79.6 Å². The molecule has 0 unspecified atom stereocenters. The molecule has 1 fully saturated rings. The Kier molecular flexibility index (Phi) is 6.98. The first-order chi connectivity index (χ1) is 15.4. The van der Waals surface area contributed by atoms with Crippen molar-refractivity contribution >= 4 is 27.3 Å². The van der Waals surface area contributed by atoms with E-state index in [1.54, 1.807) is 36.4 Å². The number of rotatable bonds is 7. The third-order valence-electron chi connectivity index (χ3n) is 5.56. The van der Waals surface area contributed by atoms with E-state index in [2.05, 4.69) is 10.2 Å². The highest BCUT2D eigenvalue weighted by atomic mass is 35.5. The van der Waals surface area contributed by atoms with Crippen molar-refractivity contribution in [3.63, 3.8) is 0 Å². The zero-order valence-corrected chi connectivity index (χ0v) is 19.1. The molecular weight excluding hydrogens is 448 g/mol. The maximum absolute atomic E-state index is 12.6. The molecule has 2 heterocycles. The van der Waals surface area contributed by atoms with Gasteiger partial charge < -0.3 is 9.73 Å². The zero-order chi connectivity index (χ0) is 22.6. The van der Waals surface area contributed by atoms with Gasteiger partial charge in [-0.25, -0.2) is 8.42 Å². The van der Waals surface area contributed by atoms with Crippen molar-refractivity contribution in [3.05, 3.63) is 88.8 Å². The van der Waals surface area contributed by atoms with Crippen molar-refractivity contribution in [3.8, 4) is 0 Å². The number of amides is 1. The van der Waals surface area contributed by atoms with Gasteiger partial charge >= 0.3 is 0 Å². The van der Waals surface area contributed by atoms with E-state index >= 15 is 0 Å². The van der Waals surface area contributed by atoms with Gasteiger partial charge in [0.1, 0.15) is 11.5 Å². The van der Waals surface area contributed by atoms with Crippen LogP contribution in [0.2, 0.25) is 5.02 Å². The number of carbonyl (C=O) groups is 1. The van der Waals surface area contributed by atoms with Gasteiger partial charge in [-0.1, -0.05) is 41.9 Å². The summed E-state index contributed by atoms with van der Waals surface area (Å²) in [4.78, 5) is 15.2. The third kappa shape index (κ3) is 5.79. The molecule has 8 heteroatoms. The Balaban J connectivity index is 1.28. The maximum atomic E-state index is 12.6. The number of sulfone groups is 1. The van der Waals surface area contributed by atoms with Crippen molar-refractivity contribution < 1.29 is 17.6 Å². The van der Waals surface area contributed by atoms with E-state index in [4.69, 9.17) is 16.0 Å². The first-order valence-corrected chi connectivity index (χ1v) is 12.6. The number of hydrogen-bond donors (Lipinski definition) is 1. The van der Waals surface area contributed by atoms with E-state index in [9.17, 15) is 13.2 Å². The summed E-state index contributed by atoms with van der Waals surface area (Å²) in [5.41, 5.74) is 1.21. The van der Waals surface area contributed by atoms with Gasteiger partial charge in [0.15, 0.2) is 15.6 Å². The highest BCUT2D eigenvalue weighted by Gasteiger charge is 2.23. The fourth-order valence-electron chi connectivity index (χ4n) is 3.82. The third-order valence-corrected chi connectivity index (χ3v) is 7.47. The summed E-state index contributed by atoms with van der Waals surface area (Å²) in [5, 5.41) is 3.74. The molecule has 0 spiro atoms. The molecule has 1 aliphatic rings. The maximum Gasteiger partial charge on any atom is 0.287 e. The zero-order valence-electron chi connectivity index (χ0n) is 17.5. The Hall–Kier alpha value is -2.61. The Labute approximate surface area is 193 Å². The number of furan rings is 1. The molecule has 6 nitrogen and oxygen atoms in total. The van der Waals surface area contributed by atoms with E-state index in [1.807, 2.05) is 24.3 Å². The molecule has 0 bridgehead atoms. The lowest BCUT2D eigenvalue weighted by atomic mass is 10.0. The summed E-state index contributed by atoms with van der Waals surface area (Å²) in [6.07, 6.45) is 1.69. The van der Waals surface area contributed by atoms with Gasteiger partial charge in [0.2, 0.25) is 0 Å². The summed E-state index contributed by atoms with van der Waals surface area (Å²) in [5.74, 6) is -0.221. The van der Waals surface area contributed by atoms with Gasteiger partial charge in [-0.2, -0.15) is 0 Å². The quantitative estimate of drug-likeness (QED) is 0.554. The van der Waals surface area contributed by atoms with Gasteiger partial charge in [0, 0.05) is 30.7 Å². The normalized spacial score (nSPS) is 15.5. The number of hydrogen-bond acceptors (Lipinski definition) is 5. The average Bonchev–Trinajstić information content (AvgIpc) is 3.25. The molecule has 1 N–H and O–H groups in total. The van der Waals surface area contributed by atoms with Gasteiger partial charge in [0.05, 0.1) is 4.90 Å². The summed E-state index contributed by atoms with van der Waals surface area (Å²) in [6.45, 7) is 2.62. The summed E-state index contributed by atoms with van der Waals surface area (Å²) in [7, 11) is -3.53. The number of nitrogens with one attached hydrogen (secondary N) is 1. The minimum Gasteiger partial charge on any atom is -0.455 e. The van der Waals surface area contributed by atoms with Crippen molar-refractivity contribution in [2.45, 2.75) is 36.1 Å². The highest BCUT2D eigenvalue weighted by molar-refractivity contribution is 7.90. The second-order valence-corrected chi connectivity index (χ2v) is 10.4. The van der Waals surface area contributed by atoms with E-state index in [0.29, 0.717) is 0 Å². The molecule has 0 radical (unpaired) electrons. The van der Waals surface area contributed by atoms with Gasteiger partial charge in [-0.3, -0.25) is 9.69 Å². The summed E-state index contributed by atoms with van der Waals surface area (Å²) in [6, 6.07) is 19.2. The molecule has 0 saturated carbocycles. The highest BCUT2D eigenvalue weighted by Crippen LogP contribution is 2.19. The molecule has 0 atom stereocenters. The van der Waals surface area contributed by atoms with Crippen LogP contribution in [0, 0.1) is 0 Å². The molecule has 1 saturated heterocycles. The van der Waals surface area contributed by atoms with Crippen LogP contribution >= 0.6 is 11.6 Å². The van der Waals surface area contributed by atoms with Crippen LogP contribution in [0.5, 0.6) is 0 Å². The van der Waals surface area contributed by atoms with Crippen LogP contribution in [0.1, 0.15) is 34.7 Å². The van der Waals surface area contributed by atoms with Crippen molar-refractivity contribution in [1.82, 2.24) is 10.2 Å². The van der Waals surface area contributed by atoms with Crippen molar-refractivity contribution in [1.29, 1.82) is 0 Å². The average molecular weight is 473 g/mol. The van der Waals surface area contributed by atoms with Gasteiger partial charge in [0.25, 0.3) is 5.91 Å². The second-order valence-electron chi connectivity index (χ2n) is 7.99. The van der Waals surface area contributed by atoms with E-state index in [-0.39, 0.29) is 34.1 Å². The number of piperidine rings is 1. The van der Waals surface area contributed by atoms with Crippen LogP contribution in [0.25, 0.3) is 0 Å². The molecular formula is C24H25ClN2O4S. The fourth-order valence-corrected chi connectivity index (χ4v) is 5.21. The monoisotopic (exact) mass is 472 g/mol. The van der Waals surface area contributed by atoms with E-state index in [0.717, 1.165) is 37.5 Å². The standard InChI is InChI=1S/C24H25ClN2O4S/c25-19-8-6-18(7-9-19)16-27-14-12-20(13-15-27)26-24(28)23-11-10-21(31-23)17-32(29,30)22-4-2-1-3-5-22/h1-11,20H,12-17H2,(H,26,28). The molecule has 1 aromatic heterocycles. The molecule has 3 aromatic rings. The van der Waals surface area contributed by atoms with Gasteiger partial charge in [-0.05, 0) is 54.8 Å². The Morgan fingerprint density at radius 3 is 2.38 bits per heavy atom. The van der Waals surface area contributed by atoms with Crippen LogP contribution < -0.4 is 5.32 Å². The van der Waals surface area contributed by atoms with Crippen molar-refractivity contribution in [2.75, 3.05) is 13.1 Å². The summed E-state index contributed by atoms with van der Waals surface area (Å²) < 4.78 is 30.6. The molecule has 4 rings (SSSR count). The minimum atomic E-state index is -3.53. The van der Waals surface area contributed by atoms with Crippen LogP contribution in [0.4, 0.5) is 0 Å². The van der Waals surface area contributed by atoms with Crippen LogP contribution in [-0.2, 0) is 22.1 Å². The van der Waals surface area contributed by atoms with Crippen LogP contribution in [0.3, 0.4) is 0 Å². The number of nitrogens with zero attached hydrogens (tertiary/aromatic N) is 1. The predicted octanol–water partition coefficient (Wildman–Crippen LogP) is 4.30. The number of carbonyl (C=O) groups excluding carboxylic acids is 1.